The van der Waals surface area contributed by atoms with Crippen molar-refractivity contribution < 1.29 is 9.48 Å². The predicted octanol–water partition coefficient (Wildman–Crippen LogP) is 3.17. The smallest absolute Gasteiger partial charge is 0.301 e. The van der Waals surface area contributed by atoms with E-state index in [4.69, 9.17) is 0 Å². The average Bonchev–Trinajstić information content (AvgIpc) is 3.22. The number of carbonyl (C=O) groups is 1. The largest absolute Gasteiger partial charge is 0.385 e. The van der Waals surface area contributed by atoms with Gasteiger partial charge in [0.15, 0.2) is 10.8 Å². The first-order chi connectivity index (χ1) is 11.9. The first-order valence-corrected chi connectivity index (χ1v) is 9.69. The van der Waals surface area contributed by atoms with E-state index in [2.05, 4.69) is 41.2 Å². The maximum Gasteiger partial charge on any atom is 0.385 e. The molecular formula is C17H20N5OS2+. The molecule has 1 amide bonds. The van der Waals surface area contributed by atoms with Crippen LogP contribution in [0.3, 0.4) is 0 Å². The molecule has 0 aliphatic rings. The molecule has 130 valence electrons. The maximum atomic E-state index is 12.2. The summed E-state index contributed by atoms with van der Waals surface area (Å²) in [6.45, 7) is 6.30. The molecule has 0 radical (unpaired) electrons. The van der Waals surface area contributed by atoms with Gasteiger partial charge in [0.05, 0.1) is 11.4 Å². The van der Waals surface area contributed by atoms with Gasteiger partial charge in [-0.25, -0.2) is 4.98 Å². The van der Waals surface area contributed by atoms with E-state index in [-0.39, 0.29) is 17.1 Å². The number of rotatable bonds is 5. The Morgan fingerprint density at radius 2 is 2.08 bits per heavy atom. The number of benzene rings is 1. The third kappa shape index (κ3) is 4.46. The lowest BCUT2D eigenvalue weighted by molar-refractivity contribution is -0.694. The van der Waals surface area contributed by atoms with E-state index in [9.17, 15) is 4.79 Å². The molecule has 3 aromatic rings. The quantitative estimate of drug-likeness (QED) is 0.531. The van der Waals surface area contributed by atoms with Crippen LogP contribution < -0.4 is 10.00 Å². The number of thiazole rings is 1. The summed E-state index contributed by atoms with van der Waals surface area (Å²) in [5, 5.41) is 9.27. The van der Waals surface area contributed by atoms with Crippen LogP contribution in [-0.2, 0) is 10.2 Å². The number of nitrogens with one attached hydrogen (secondary N) is 2. The van der Waals surface area contributed by atoms with Crippen LogP contribution in [0.1, 0.15) is 26.5 Å². The van der Waals surface area contributed by atoms with Crippen LogP contribution in [0.5, 0.6) is 0 Å². The fourth-order valence-electron chi connectivity index (χ4n) is 2.08. The number of para-hydroxylation sites is 1. The number of anilines is 1. The first kappa shape index (κ1) is 17.6. The van der Waals surface area contributed by atoms with Gasteiger partial charge in [-0.2, -0.15) is 5.10 Å². The van der Waals surface area contributed by atoms with Crippen molar-refractivity contribution in [1.29, 1.82) is 0 Å². The molecule has 25 heavy (non-hydrogen) atoms. The van der Waals surface area contributed by atoms with Crippen LogP contribution in [0.2, 0.25) is 0 Å². The zero-order valence-corrected chi connectivity index (χ0v) is 15.9. The molecule has 0 saturated heterocycles. The van der Waals surface area contributed by atoms with E-state index in [0.717, 1.165) is 16.5 Å². The lowest BCUT2D eigenvalue weighted by Gasteiger charge is -2.14. The number of aromatic nitrogens is 4. The molecule has 0 aliphatic heterocycles. The van der Waals surface area contributed by atoms with Crippen molar-refractivity contribution in [3.63, 3.8) is 0 Å². The van der Waals surface area contributed by atoms with E-state index in [1.54, 1.807) is 6.33 Å². The van der Waals surface area contributed by atoms with Gasteiger partial charge >= 0.3 is 5.16 Å². The van der Waals surface area contributed by atoms with Gasteiger partial charge in [0.2, 0.25) is 12.2 Å². The summed E-state index contributed by atoms with van der Waals surface area (Å²) in [4.78, 5) is 21.0. The minimum atomic E-state index is -0.0950. The molecule has 0 aliphatic carbocycles. The second-order valence-electron chi connectivity index (χ2n) is 6.47. The minimum absolute atomic E-state index is 0.0233. The standard InChI is InChI=1S/C17H19N5OS2/c1-17(2,3)13-9-24-15(20-13)21-14(23)10-25-16-18-11-19-22(16)12-7-5-4-6-8-12/h4-9,11H,10H2,1-3H3,(H,20,21,23)/p+1. The molecule has 0 unspecified atom stereocenters. The van der Waals surface area contributed by atoms with Crippen molar-refractivity contribution >= 4 is 34.1 Å². The number of amides is 1. The summed E-state index contributed by atoms with van der Waals surface area (Å²) in [6, 6.07) is 9.83. The first-order valence-electron chi connectivity index (χ1n) is 7.83. The highest BCUT2D eigenvalue weighted by atomic mass is 32.2. The molecule has 0 atom stereocenters. The van der Waals surface area contributed by atoms with E-state index in [1.165, 1.54) is 23.1 Å². The summed E-state index contributed by atoms with van der Waals surface area (Å²) in [7, 11) is 0. The van der Waals surface area contributed by atoms with Crippen molar-refractivity contribution in [2.75, 3.05) is 11.1 Å². The highest BCUT2D eigenvalue weighted by Gasteiger charge is 2.20. The van der Waals surface area contributed by atoms with Crippen molar-refractivity contribution in [2.24, 2.45) is 0 Å². The number of hydrogen-bond acceptors (Lipinski definition) is 5. The van der Waals surface area contributed by atoms with Gasteiger partial charge in [-0.05, 0) is 28.9 Å². The van der Waals surface area contributed by atoms with Gasteiger partial charge < -0.3 is 5.32 Å². The van der Waals surface area contributed by atoms with E-state index < -0.39 is 0 Å². The zero-order chi connectivity index (χ0) is 17.9. The molecule has 8 heteroatoms. The Morgan fingerprint density at radius 1 is 1.32 bits per heavy atom. The van der Waals surface area contributed by atoms with E-state index in [0.29, 0.717) is 5.13 Å². The fraction of sp³-hybridized carbons (Fsp3) is 0.294. The number of carbonyl (C=O) groups excluding carboxylic acids is 1. The number of H-pyrrole nitrogens is 1. The van der Waals surface area contributed by atoms with Gasteiger partial charge in [-0.15, -0.1) is 16.0 Å². The van der Waals surface area contributed by atoms with Crippen molar-refractivity contribution in [3.05, 3.63) is 47.7 Å². The molecule has 6 nitrogen and oxygen atoms in total. The summed E-state index contributed by atoms with van der Waals surface area (Å²) in [5.41, 5.74) is 1.93. The second kappa shape index (κ2) is 7.37. The van der Waals surface area contributed by atoms with Crippen molar-refractivity contribution in [1.82, 2.24) is 15.1 Å². The topological polar surface area (TPSA) is 74.6 Å². The zero-order valence-electron chi connectivity index (χ0n) is 14.3. The number of nitrogens with zero attached hydrogens (tertiary/aromatic N) is 3. The Bertz CT molecular complexity index is 851. The lowest BCUT2D eigenvalue weighted by atomic mass is 9.93. The normalized spacial score (nSPS) is 11.5. The van der Waals surface area contributed by atoms with Crippen molar-refractivity contribution in [2.45, 2.75) is 31.3 Å². The Balaban J connectivity index is 1.60. The number of thioether (sulfide) groups is 1. The lowest BCUT2D eigenvalue weighted by Crippen LogP contribution is -2.35. The predicted molar refractivity (Wildman–Crippen MR) is 100 cm³/mol. The van der Waals surface area contributed by atoms with Crippen LogP contribution in [0.25, 0.3) is 5.69 Å². The van der Waals surface area contributed by atoms with Crippen LogP contribution in [0.15, 0.2) is 47.2 Å². The summed E-state index contributed by atoms with van der Waals surface area (Å²) < 4.78 is 1.85. The van der Waals surface area contributed by atoms with Crippen LogP contribution in [-0.4, -0.2) is 26.7 Å². The second-order valence-corrected chi connectivity index (χ2v) is 8.27. The van der Waals surface area contributed by atoms with Gasteiger partial charge in [-0.3, -0.25) is 4.79 Å². The Morgan fingerprint density at radius 3 is 2.76 bits per heavy atom. The van der Waals surface area contributed by atoms with Crippen LogP contribution >= 0.6 is 23.1 Å². The molecule has 2 heterocycles. The Kier molecular flexibility index (Phi) is 5.19. The third-order valence-electron chi connectivity index (χ3n) is 3.42. The maximum absolute atomic E-state index is 12.2. The highest BCUT2D eigenvalue weighted by Crippen LogP contribution is 2.26. The summed E-state index contributed by atoms with van der Waals surface area (Å²) in [6.07, 6.45) is 1.61. The van der Waals surface area contributed by atoms with Gasteiger partial charge in [0.25, 0.3) is 0 Å². The van der Waals surface area contributed by atoms with E-state index in [1.807, 2.05) is 40.4 Å². The van der Waals surface area contributed by atoms with Gasteiger partial charge in [0.1, 0.15) is 0 Å². The SMILES string of the molecule is CC(C)(C)c1csc(NC(=O)CSc2nc[nH][n+]2-c2ccccc2)n1. The highest BCUT2D eigenvalue weighted by molar-refractivity contribution is 7.99. The Hall–Kier alpha value is -2.19. The molecule has 0 fully saturated rings. The van der Waals surface area contributed by atoms with E-state index >= 15 is 0 Å². The average molecular weight is 375 g/mol. The van der Waals surface area contributed by atoms with Gasteiger partial charge in [0, 0.05) is 10.8 Å². The minimum Gasteiger partial charge on any atom is -0.301 e. The molecule has 0 spiro atoms. The molecule has 2 aromatic heterocycles. The van der Waals surface area contributed by atoms with Crippen LogP contribution in [0.4, 0.5) is 5.13 Å². The molecule has 0 saturated carbocycles. The van der Waals surface area contributed by atoms with Crippen LogP contribution in [0, 0.1) is 0 Å². The molecule has 0 bridgehead atoms. The molecule has 1 aromatic carbocycles. The summed E-state index contributed by atoms with van der Waals surface area (Å²) >= 11 is 2.82. The molecular weight excluding hydrogens is 354 g/mol. The van der Waals surface area contributed by atoms with Gasteiger partial charge in [-0.1, -0.05) is 39.0 Å². The molecule has 3 rings (SSSR count). The summed E-state index contributed by atoms with van der Waals surface area (Å²) in [5.74, 6) is 0.171. The monoisotopic (exact) mass is 374 g/mol. The Labute approximate surface area is 154 Å². The number of hydrogen-bond donors (Lipinski definition) is 2. The van der Waals surface area contributed by atoms with Crippen molar-refractivity contribution in [3.8, 4) is 5.69 Å². The number of aromatic amines is 1. The molecule has 2 N–H and O–H groups in total. The third-order valence-corrected chi connectivity index (χ3v) is 5.13. The fourth-order valence-corrected chi connectivity index (χ4v) is 3.78.